The van der Waals surface area contributed by atoms with Crippen LogP contribution in [0.25, 0.3) is 0 Å². The van der Waals surface area contributed by atoms with Crippen LogP contribution in [0.1, 0.15) is 51.4 Å². The largest absolute Gasteiger partial charge is 0.479 e. The molecule has 2 heterocycles. The van der Waals surface area contributed by atoms with Gasteiger partial charge >= 0.3 is 5.97 Å². The molecule has 6 heteroatoms. The van der Waals surface area contributed by atoms with Crippen LogP contribution in [0, 0.1) is 5.41 Å². The van der Waals surface area contributed by atoms with Crippen LogP contribution in [-0.4, -0.2) is 46.5 Å². The maximum absolute atomic E-state index is 12.3. The number of ether oxygens (including phenoxy) is 1. The van der Waals surface area contributed by atoms with Gasteiger partial charge in [0.15, 0.2) is 6.10 Å². The Morgan fingerprint density at radius 1 is 1.19 bits per heavy atom. The number of piperidine rings is 1. The molecule has 1 N–H and O–H groups in total. The highest BCUT2D eigenvalue weighted by molar-refractivity contribution is 5.98. The summed E-state index contributed by atoms with van der Waals surface area (Å²) in [7, 11) is 0. The number of nitrogens with zero attached hydrogens (tertiary/aromatic N) is 1. The molecule has 2 atom stereocenters. The summed E-state index contributed by atoms with van der Waals surface area (Å²) in [6.07, 6.45) is 4.95. The Bertz CT molecular complexity index is 449. The van der Waals surface area contributed by atoms with Crippen LogP contribution >= 0.6 is 0 Å². The lowest BCUT2D eigenvalue weighted by atomic mass is 9.76. The van der Waals surface area contributed by atoms with Crippen molar-refractivity contribution < 1.29 is 24.2 Å². The van der Waals surface area contributed by atoms with Gasteiger partial charge in [-0.2, -0.15) is 0 Å². The summed E-state index contributed by atoms with van der Waals surface area (Å²) in [4.78, 5) is 36.8. The van der Waals surface area contributed by atoms with Gasteiger partial charge < -0.3 is 9.84 Å². The SMILES string of the molecule is O=C(O)C1CCC(CN2C(=O)CC3(CCCC3)CC2=O)O1. The smallest absolute Gasteiger partial charge is 0.332 e. The van der Waals surface area contributed by atoms with Crippen LogP contribution in [-0.2, 0) is 19.1 Å². The van der Waals surface area contributed by atoms with E-state index in [1.54, 1.807) is 0 Å². The zero-order valence-electron chi connectivity index (χ0n) is 12.0. The van der Waals surface area contributed by atoms with Crippen molar-refractivity contribution in [3.63, 3.8) is 0 Å². The molecule has 2 aliphatic heterocycles. The predicted octanol–water partition coefficient (Wildman–Crippen LogP) is 1.33. The molecule has 1 saturated carbocycles. The molecule has 6 nitrogen and oxygen atoms in total. The number of rotatable bonds is 3. The van der Waals surface area contributed by atoms with Gasteiger partial charge in [0.05, 0.1) is 12.6 Å². The summed E-state index contributed by atoms with van der Waals surface area (Å²) in [5.41, 5.74) is -0.0925. The molecule has 2 saturated heterocycles. The fourth-order valence-corrected chi connectivity index (χ4v) is 3.94. The van der Waals surface area contributed by atoms with E-state index in [1.807, 2.05) is 0 Å². The fraction of sp³-hybridized carbons (Fsp3) is 0.800. The van der Waals surface area contributed by atoms with Crippen molar-refractivity contribution >= 4 is 17.8 Å². The second-order valence-electron chi connectivity index (χ2n) is 6.62. The van der Waals surface area contributed by atoms with Gasteiger partial charge in [0.25, 0.3) is 0 Å². The van der Waals surface area contributed by atoms with Crippen molar-refractivity contribution in [2.75, 3.05) is 6.54 Å². The Kier molecular flexibility index (Phi) is 3.73. The van der Waals surface area contributed by atoms with Crippen LogP contribution in [0.15, 0.2) is 0 Å². The Balaban J connectivity index is 1.60. The number of aliphatic carboxylic acids is 1. The minimum absolute atomic E-state index is 0.0925. The predicted molar refractivity (Wildman–Crippen MR) is 72.4 cm³/mol. The number of imide groups is 1. The van der Waals surface area contributed by atoms with Gasteiger partial charge in [-0.25, -0.2) is 4.79 Å². The number of carboxylic acids is 1. The minimum atomic E-state index is -0.973. The molecule has 1 spiro atoms. The van der Waals surface area contributed by atoms with Crippen LogP contribution in [0.4, 0.5) is 0 Å². The number of likely N-dealkylation sites (tertiary alicyclic amines) is 1. The average molecular weight is 295 g/mol. The zero-order chi connectivity index (χ0) is 15.0. The summed E-state index contributed by atoms with van der Waals surface area (Å²) in [6, 6.07) is 0. The number of hydrogen-bond donors (Lipinski definition) is 1. The maximum Gasteiger partial charge on any atom is 0.332 e. The minimum Gasteiger partial charge on any atom is -0.479 e. The van der Waals surface area contributed by atoms with E-state index in [4.69, 9.17) is 9.84 Å². The van der Waals surface area contributed by atoms with Crippen LogP contribution in [0.2, 0.25) is 0 Å². The molecule has 0 bridgehead atoms. The first-order valence-electron chi connectivity index (χ1n) is 7.71. The van der Waals surface area contributed by atoms with Crippen LogP contribution in [0.3, 0.4) is 0 Å². The molecule has 3 rings (SSSR count). The molecule has 116 valence electrons. The van der Waals surface area contributed by atoms with Gasteiger partial charge in [0.2, 0.25) is 11.8 Å². The van der Waals surface area contributed by atoms with Gasteiger partial charge in [-0.3, -0.25) is 14.5 Å². The number of carbonyl (C=O) groups excluding carboxylic acids is 2. The highest BCUT2D eigenvalue weighted by Crippen LogP contribution is 2.47. The van der Waals surface area contributed by atoms with Gasteiger partial charge in [-0.15, -0.1) is 0 Å². The quantitative estimate of drug-likeness (QED) is 0.794. The topological polar surface area (TPSA) is 83.9 Å². The highest BCUT2D eigenvalue weighted by atomic mass is 16.5. The van der Waals surface area contributed by atoms with E-state index in [-0.39, 0.29) is 29.9 Å². The van der Waals surface area contributed by atoms with Crippen LogP contribution < -0.4 is 0 Å². The Hall–Kier alpha value is -1.43. The monoisotopic (exact) mass is 295 g/mol. The van der Waals surface area contributed by atoms with Crippen molar-refractivity contribution in [1.29, 1.82) is 0 Å². The molecule has 0 aromatic heterocycles. The van der Waals surface area contributed by atoms with Gasteiger partial charge in [-0.05, 0) is 31.1 Å². The Morgan fingerprint density at radius 2 is 1.81 bits per heavy atom. The third-order valence-electron chi connectivity index (χ3n) is 5.09. The van der Waals surface area contributed by atoms with E-state index in [2.05, 4.69) is 0 Å². The summed E-state index contributed by atoms with van der Waals surface area (Å²) >= 11 is 0. The number of amides is 2. The highest BCUT2D eigenvalue weighted by Gasteiger charge is 2.46. The standard InChI is InChI=1S/C15H21NO5/c17-12-7-15(5-1-2-6-15)8-13(18)16(12)9-10-3-4-11(21-10)14(19)20/h10-11H,1-9H2,(H,19,20). The van der Waals surface area contributed by atoms with Gasteiger partial charge in [-0.1, -0.05) is 12.8 Å². The van der Waals surface area contributed by atoms with Gasteiger partial charge in [0, 0.05) is 12.8 Å². The van der Waals surface area contributed by atoms with Crippen molar-refractivity contribution in [3.05, 3.63) is 0 Å². The number of carboxylic acid groups (broad SMARTS) is 1. The van der Waals surface area contributed by atoms with Crippen molar-refractivity contribution in [2.45, 2.75) is 63.6 Å². The molecule has 3 fully saturated rings. The summed E-state index contributed by atoms with van der Waals surface area (Å²) in [6.45, 7) is 0.206. The first-order chi connectivity index (χ1) is 9.99. The number of carbonyl (C=O) groups is 3. The van der Waals surface area contributed by atoms with E-state index in [1.165, 1.54) is 4.90 Å². The summed E-state index contributed by atoms with van der Waals surface area (Å²) < 4.78 is 5.39. The normalized spacial score (nSPS) is 32.1. The molecule has 0 aromatic carbocycles. The molecule has 0 aromatic rings. The lowest BCUT2D eigenvalue weighted by Gasteiger charge is -2.38. The molecule has 3 aliphatic rings. The molecule has 2 unspecified atom stereocenters. The second kappa shape index (κ2) is 5.40. The summed E-state index contributed by atoms with van der Waals surface area (Å²) in [5.74, 6) is -1.20. The zero-order valence-corrected chi connectivity index (χ0v) is 12.0. The summed E-state index contributed by atoms with van der Waals surface area (Å²) in [5, 5.41) is 8.91. The van der Waals surface area contributed by atoms with E-state index in [0.29, 0.717) is 25.7 Å². The van der Waals surface area contributed by atoms with E-state index >= 15 is 0 Å². The van der Waals surface area contributed by atoms with E-state index in [0.717, 1.165) is 25.7 Å². The molecular weight excluding hydrogens is 274 g/mol. The number of hydrogen-bond acceptors (Lipinski definition) is 4. The molecular formula is C15H21NO5. The van der Waals surface area contributed by atoms with Crippen LogP contribution in [0.5, 0.6) is 0 Å². The van der Waals surface area contributed by atoms with Crippen molar-refractivity contribution in [3.8, 4) is 0 Å². The van der Waals surface area contributed by atoms with E-state index in [9.17, 15) is 14.4 Å². The van der Waals surface area contributed by atoms with Crippen molar-refractivity contribution in [1.82, 2.24) is 4.90 Å². The first-order valence-corrected chi connectivity index (χ1v) is 7.71. The molecule has 0 radical (unpaired) electrons. The van der Waals surface area contributed by atoms with Crippen molar-refractivity contribution in [2.24, 2.45) is 5.41 Å². The Morgan fingerprint density at radius 3 is 2.33 bits per heavy atom. The van der Waals surface area contributed by atoms with E-state index < -0.39 is 12.1 Å². The molecule has 21 heavy (non-hydrogen) atoms. The third kappa shape index (κ3) is 2.81. The third-order valence-corrected chi connectivity index (χ3v) is 5.09. The average Bonchev–Trinajstić information content (AvgIpc) is 3.04. The Labute approximate surface area is 123 Å². The lowest BCUT2D eigenvalue weighted by Crippen LogP contribution is -2.49. The molecule has 2 amide bonds. The second-order valence-corrected chi connectivity index (χ2v) is 6.62. The fourth-order valence-electron chi connectivity index (χ4n) is 3.94. The molecule has 1 aliphatic carbocycles. The first kappa shape index (κ1) is 14.5. The lowest BCUT2D eigenvalue weighted by molar-refractivity contribution is -0.157. The van der Waals surface area contributed by atoms with Gasteiger partial charge in [0.1, 0.15) is 0 Å². The maximum atomic E-state index is 12.3.